The molecule has 1 aromatic rings. The Labute approximate surface area is 89.2 Å². The van der Waals surface area contributed by atoms with Gasteiger partial charge in [0.15, 0.2) is 0 Å². The monoisotopic (exact) mass is 214 g/mol. The van der Waals surface area contributed by atoms with Gasteiger partial charge in [0.2, 0.25) is 0 Å². The molecule has 0 amide bonds. The van der Waals surface area contributed by atoms with Crippen molar-refractivity contribution in [3.8, 4) is 5.75 Å². The molecule has 1 heterocycles. The summed E-state index contributed by atoms with van der Waals surface area (Å²) in [6.45, 7) is 3.04. The smallest absolute Gasteiger partial charge is 0.125 e. The molecule has 4 heteroatoms. The summed E-state index contributed by atoms with van der Waals surface area (Å²) in [5.74, 6) is 1.47. The molecule has 0 fully saturated rings. The van der Waals surface area contributed by atoms with E-state index in [0.717, 1.165) is 23.4 Å². The topological polar surface area (TPSA) is 48.1 Å². The van der Waals surface area contributed by atoms with E-state index >= 15 is 0 Å². The van der Waals surface area contributed by atoms with Gasteiger partial charge in [-0.25, -0.2) is 0 Å². The van der Waals surface area contributed by atoms with Crippen molar-refractivity contribution in [1.82, 2.24) is 4.98 Å². The maximum atomic E-state index is 5.55. The number of nitrogens with two attached hydrogens (primary N) is 1. The van der Waals surface area contributed by atoms with E-state index in [1.54, 1.807) is 6.20 Å². The van der Waals surface area contributed by atoms with Crippen LogP contribution < -0.4 is 10.5 Å². The Bertz CT molecular complexity index is 291. The van der Waals surface area contributed by atoms with Gasteiger partial charge in [-0.05, 0) is 19.4 Å². The molecule has 0 saturated heterocycles. The summed E-state index contributed by atoms with van der Waals surface area (Å²) in [6.07, 6.45) is 2.56. The summed E-state index contributed by atoms with van der Waals surface area (Å²) < 4.78 is 5.54. The molecule has 1 aromatic heterocycles. The van der Waals surface area contributed by atoms with Gasteiger partial charge in [0.25, 0.3) is 0 Å². The van der Waals surface area contributed by atoms with Gasteiger partial charge in [0.1, 0.15) is 5.75 Å². The second kappa shape index (κ2) is 5.83. The summed E-state index contributed by atoms with van der Waals surface area (Å²) >= 11 is 5.55. The number of hydrogen-bond donors (Lipinski definition) is 1. The van der Waals surface area contributed by atoms with Crippen molar-refractivity contribution in [1.29, 1.82) is 0 Å². The SMILES string of the molecule is Cc1c(OCCCCl)ccnc1CN. The molecule has 3 nitrogen and oxygen atoms in total. The predicted molar refractivity (Wildman–Crippen MR) is 57.7 cm³/mol. The first-order valence-corrected chi connectivity index (χ1v) is 5.16. The molecule has 0 spiro atoms. The number of aromatic nitrogens is 1. The Morgan fingerprint density at radius 1 is 1.57 bits per heavy atom. The lowest BCUT2D eigenvalue weighted by Gasteiger charge is -2.10. The summed E-state index contributed by atoms with van der Waals surface area (Å²) in [4.78, 5) is 4.15. The first-order chi connectivity index (χ1) is 6.79. The second-order valence-electron chi connectivity index (χ2n) is 2.98. The third-order valence-electron chi connectivity index (χ3n) is 1.99. The molecule has 0 aliphatic heterocycles. The third kappa shape index (κ3) is 2.86. The van der Waals surface area contributed by atoms with Gasteiger partial charge < -0.3 is 10.5 Å². The van der Waals surface area contributed by atoms with Gasteiger partial charge in [0.05, 0.1) is 12.3 Å². The molecule has 0 bridgehead atoms. The molecule has 0 aromatic carbocycles. The summed E-state index contributed by atoms with van der Waals surface area (Å²) in [6, 6.07) is 1.85. The van der Waals surface area contributed by atoms with E-state index in [2.05, 4.69) is 4.98 Å². The molecule has 0 aliphatic rings. The van der Waals surface area contributed by atoms with Gasteiger partial charge in [-0.1, -0.05) is 0 Å². The van der Waals surface area contributed by atoms with Crippen LogP contribution in [0.4, 0.5) is 0 Å². The Hall–Kier alpha value is -0.800. The zero-order valence-electron chi connectivity index (χ0n) is 8.29. The number of halogens is 1. The number of hydrogen-bond acceptors (Lipinski definition) is 3. The zero-order chi connectivity index (χ0) is 10.4. The van der Waals surface area contributed by atoms with E-state index in [-0.39, 0.29) is 0 Å². The largest absolute Gasteiger partial charge is 0.493 e. The van der Waals surface area contributed by atoms with Crippen LogP contribution in [0.25, 0.3) is 0 Å². The van der Waals surface area contributed by atoms with Gasteiger partial charge in [-0.2, -0.15) is 0 Å². The quantitative estimate of drug-likeness (QED) is 0.601. The number of rotatable bonds is 5. The third-order valence-corrected chi connectivity index (χ3v) is 2.25. The molecular formula is C10H15ClN2O. The van der Waals surface area contributed by atoms with Crippen LogP contribution in [0.1, 0.15) is 17.7 Å². The first kappa shape index (κ1) is 11.3. The highest BCUT2D eigenvalue weighted by Gasteiger charge is 2.04. The van der Waals surface area contributed by atoms with Crippen LogP contribution in [0.3, 0.4) is 0 Å². The van der Waals surface area contributed by atoms with Crippen LogP contribution in [-0.2, 0) is 6.54 Å². The number of alkyl halides is 1. The maximum absolute atomic E-state index is 5.55. The number of nitrogens with zero attached hydrogens (tertiary/aromatic N) is 1. The standard InChI is InChI=1S/C10H15ClN2O/c1-8-9(7-12)13-5-3-10(8)14-6-2-4-11/h3,5H,2,4,6-7,12H2,1H3. The minimum Gasteiger partial charge on any atom is -0.493 e. The normalized spacial score (nSPS) is 10.2. The molecule has 2 N–H and O–H groups in total. The highest BCUT2D eigenvalue weighted by Crippen LogP contribution is 2.19. The van der Waals surface area contributed by atoms with Gasteiger partial charge in [0, 0.05) is 24.2 Å². The Kier molecular flexibility index (Phi) is 4.70. The Morgan fingerprint density at radius 3 is 3.00 bits per heavy atom. The van der Waals surface area contributed by atoms with Crippen molar-refractivity contribution < 1.29 is 4.74 Å². The van der Waals surface area contributed by atoms with E-state index in [9.17, 15) is 0 Å². The van der Waals surface area contributed by atoms with Crippen molar-refractivity contribution in [2.45, 2.75) is 19.9 Å². The van der Waals surface area contributed by atoms with Crippen molar-refractivity contribution in [2.24, 2.45) is 5.73 Å². The van der Waals surface area contributed by atoms with Crippen molar-refractivity contribution in [3.63, 3.8) is 0 Å². The van der Waals surface area contributed by atoms with Crippen LogP contribution in [-0.4, -0.2) is 17.5 Å². The number of pyridine rings is 1. The van der Waals surface area contributed by atoms with Gasteiger partial charge >= 0.3 is 0 Å². The first-order valence-electron chi connectivity index (χ1n) is 4.63. The molecule has 0 radical (unpaired) electrons. The summed E-state index contributed by atoms with van der Waals surface area (Å²) in [5.41, 5.74) is 7.44. The molecule has 78 valence electrons. The summed E-state index contributed by atoms with van der Waals surface area (Å²) in [7, 11) is 0. The summed E-state index contributed by atoms with van der Waals surface area (Å²) in [5, 5.41) is 0. The molecule has 0 saturated carbocycles. The predicted octanol–water partition coefficient (Wildman–Crippen LogP) is 1.86. The fourth-order valence-corrected chi connectivity index (χ4v) is 1.27. The average Bonchev–Trinajstić information content (AvgIpc) is 2.21. The van der Waals surface area contributed by atoms with Crippen LogP contribution in [0.15, 0.2) is 12.3 Å². The van der Waals surface area contributed by atoms with Gasteiger partial charge in [-0.15, -0.1) is 11.6 Å². The minimum atomic E-state index is 0.443. The zero-order valence-corrected chi connectivity index (χ0v) is 9.05. The molecule has 0 atom stereocenters. The lowest BCUT2D eigenvalue weighted by atomic mass is 10.2. The molecule has 1 rings (SSSR count). The fraction of sp³-hybridized carbons (Fsp3) is 0.500. The molecule has 14 heavy (non-hydrogen) atoms. The number of ether oxygens (including phenoxy) is 1. The molecular weight excluding hydrogens is 200 g/mol. The van der Waals surface area contributed by atoms with E-state index in [4.69, 9.17) is 22.1 Å². The van der Waals surface area contributed by atoms with Crippen LogP contribution in [0.2, 0.25) is 0 Å². The van der Waals surface area contributed by atoms with Crippen molar-refractivity contribution in [2.75, 3.05) is 12.5 Å². The van der Waals surface area contributed by atoms with E-state index in [0.29, 0.717) is 19.0 Å². The lowest BCUT2D eigenvalue weighted by molar-refractivity contribution is 0.315. The molecule has 0 unspecified atom stereocenters. The van der Waals surface area contributed by atoms with E-state index in [1.165, 1.54) is 0 Å². The highest BCUT2D eigenvalue weighted by molar-refractivity contribution is 6.17. The Balaban J connectivity index is 2.66. The minimum absolute atomic E-state index is 0.443. The van der Waals surface area contributed by atoms with Gasteiger partial charge in [-0.3, -0.25) is 4.98 Å². The van der Waals surface area contributed by atoms with E-state index in [1.807, 2.05) is 13.0 Å². The van der Waals surface area contributed by atoms with Crippen molar-refractivity contribution >= 4 is 11.6 Å². The highest BCUT2D eigenvalue weighted by atomic mass is 35.5. The lowest BCUT2D eigenvalue weighted by Crippen LogP contribution is -2.05. The molecule has 0 aliphatic carbocycles. The van der Waals surface area contributed by atoms with Crippen LogP contribution in [0, 0.1) is 6.92 Å². The van der Waals surface area contributed by atoms with Crippen LogP contribution >= 0.6 is 11.6 Å². The van der Waals surface area contributed by atoms with E-state index < -0.39 is 0 Å². The fourth-order valence-electron chi connectivity index (χ4n) is 1.16. The van der Waals surface area contributed by atoms with Crippen LogP contribution in [0.5, 0.6) is 5.75 Å². The van der Waals surface area contributed by atoms with Crippen molar-refractivity contribution in [3.05, 3.63) is 23.5 Å². The maximum Gasteiger partial charge on any atom is 0.125 e. The Morgan fingerprint density at radius 2 is 2.36 bits per heavy atom. The average molecular weight is 215 g/mol. The second-order valence-corrected chi connectivity index (χ2v) is 3.35.